The molecule has 1 fully saturated rings. The van der Waals surface area contributed by atoms with Crippen molar-refractivity contribution in [2.75, 3.05) is 33.2 Å². The number of thioether (sulfide) groups is 1. The van der Waals surface area contributed by atoms with Gasteiger partial charge >= 0.3 is 0 Å². The van der Waals surface area contributed by atoms with Crippen molar-refractivity contribution in [3.63, 3.8) is 0 Å². The fourth-order valence-corrected chi connectivity index (χ4v) is 3.43. The minimum Gasteiger partial charge on any atom is -0.347 e. The second kappa shape index (κ2) is 7.98. The van der Waals surface area contributed by atoms with Gasteiger partial charge in [0.25, 0.3) is 0 Å². The SMILES string of the molecule is C=N/N=C(\SCc1cnc(Cl)cc1Cl)N1CCN(C)CC1. The third kappa shape index (κ3) is 4.85. The highest BCUT2D eigenvalue weighted by Crippen LogP contribution is 2.24. The Kier molecular flexibility index (Phi) is 6.29. The van der Waals surface area contributed by atoms with Crippen molar-refractivity contribution >= 4 is 46.8 Å². The fourth-order valence-electron chi connectivity index (χ4n) is 1.93. The Balaban J connectivity index is 2.00. The summed E-state index contributed by atoms with van der Waals surface area (Å²) in [4.78, 5) is 8.57. The highest BCUT2D eigenvalue weighted by Gasteiger charge is 2.18. The third-order valence-electron chi connectivity index (χ3n) is 3.18. The molecule has 0 radical (unpaired) electrons. The van der Waals surface area contributed by atoms with Crippen LogP contribution in [0.25, 0.3) is 0 Å². The minimum absolute atomic E-state index is 0.398. The van der Waals surface area contributed by atoms with E-state index >= 15 is 0 Å². The highest BCUT2D eigenvalue weighted by molar-refractivity contribution is 8.13. The number of amidine groups is 1. The van der Waals surface area contributed by atoms with Crippen LogP contribution < -0.4 is 0 Å². The number of rotatable bonds is 3. The summed E-state index contributed by atoms with van der Waals surface area (Å²) in [7, 11) is 2.12. The lowest BCUT2D eigenvalue weighted by Gasteiger charge is -2.33. The van der Waals surface area contributed by atoms with Gasteiger partial charge in [-0.2, -0.15) is 5.10 Å². The molecule has 114 valence electrons. The van der Waals surface area contributed by atoms with E-state index in [0.29, 0.717) is 15.9 Å². The monoisotopic (exact) mass is 345 g/mol. The van der Waals surface area contributed by atoms with Crippen molar-refractivity contribution < 1.29 is 0 Å². The Labute approximate surface area is 139 Å². The van der Waals surface area contributed by atoms with Crippen LogP contribution in [0, 0.1) is 0 Å². The predicted molar refractivity (Wildman–Crippen MR) is 91.6 cm³/mol. The van der Waals surface area contributed by atoms with Crippen LogP contribution in [0.3, 0.4) is 0 Å². The average Bonchev–Trinajstić information content (AvgIpc) is 2.46. The topological polar surface area (TPSA) is 44.1 Å². The van der Waals surface area contributed by atoms with E-state index in [1.165, 1.54) is 0 Å². The third-order valence-corrected chi connectivity index (χ3v) is 4.80. The molecule has 1 aromatic rings. The molecule has 0 unspecified atom stereocenters. The van der Waals surface area contributed by atoms with Gasteiger partial charge in [-0.25, -0.2) is 4.98 Å². The zero-order valence-corrected chi connectivity index (χ0v) is 14.1. The molecule has 2 heterocycles. The van der Waals surface area contributed by atoms with E-state index in [-0.39, 0.29) is 0 Å². The number of nitrogens with zero attached hydrogens (tertiary/aromatic N) is 5. The lowest BCUT2D eigenvalue weighted by Crippen LogP contribution is -2.46. The van der Waals surface area contributed by atoms with Crippen LogP contribution in [0.15, 0.2) is 22.5 Å². The van der Waals surface area contributed by atoms with Crippen molar-refractivity contribution in [2.45, 2.75) is 5.75 Å². The summed E-state index contributed by atoms with van der Waals surface area (Å²) in [5.74, 6) is 0.670. The van der Waals surface area contributed by atoms with Crippen LogP contribution in [0.2, 0.25) is 10.2 Å². The second-order valence-corrected chi connectivity index (χ2v) is 6.44. The first-order chi connectivity index (χ1) is 10.1. The van der Waals surface area contributed by atoms with Gasteiger partial charge in [-0.3, -0.25) is 0 Å². The summed E-state index contributed by atoms with van der Waals surface area (Å²) in [6, 6.07) is 1.65. The number of piperazine rings is 1. The molecule has 1 aliphatic heterocycles. The first-order valence-corrected chi connectivity index (χ1v) is 8.24. The zero-order valence-electron chi connectivity index (χ0n) is 11.8. The molecule has 1 saturated heterocycles. The van der Waals surface area contributed by atoms with Crippen molar-refractivity contribution in [1.29, 1.82) is 0 Å². The van der Waals surface area contributed by atoms with Crippen LogP contribution in [-0.2, 0) is 5.75 Å². The van der Waals surface area contributed by atoms with Gasteiger partial charge in [0.1, 0.15) is 5.15 Å². The lowest BCUT2D eigenvalue weighted by atomic mass is 10.3. The Morgan fingerprint density at radius 2 is 2.10 bits per heavy atom. The summed E-state index contributed by atoms with van der Waals surface area (Å²) >= 11 is 13.5. The number of hydrogen-bond acceptors (Lipinski definition) is 5. The first kappa shape index (κ1) is 16.5. The summed E-state index contributed by atoms with van der Waals surface area (Å²) in [6.45, 7) is 7.35. The summed E-state index contributed by atoms with van der Waals surface area (Å²) < 4.78 is 0. The molecule has 0 saturated carbocycles. The molecule has 21 heavy (non-hydrogen) atoms. The molecule has 0 bridgehead atoms. The molecular weight excluding hydrogens is 329 g/mol. The number of aromatic nitrogens is 1. The Bertz CT molecular complexity index is 529. The van der Waals surface area contributed by atoms with Crippen LogP contribution in [0.5, 0.6) is 0 Å². The van der Waals surface area contributed by atoms with Gasteiger partial charge in [-0.05, 0) is 18.7 Å². The average molecular weight is 346 g/mol. The molecular formula is C13H17Cl2N5S. The molecule has 0 aliphatic carbocycles. The number of pyridine rings is 1. The quantitative estimate of drug-likeness (QED) is 0.365. The molecule has 8 heteroatoms. The van der Waals surface area contributed by atoms with E-state index in [9.17, 15) is 0 Å². The molecule has 1 aromatic heterocycles. The van der Waals surface area contributed by atoms with Crippen molar-refractivity contribution in [1.82, 2.24) is 14.8 Å². The lowest BCUT2D eigenvalue weighted by molar-refractivity contribution is 0.218. The van der Waals surface area contributed by atoms with E-state index in [1.807, 2.05) is 0 Å². The molecule has 0 aromatic carbocycles. The van der Waals surface area contributed by atoms with Gasteiger partial charge in [-0.1, -0.05) is 35.0 Å². The number of likely N-dealkylation sites (N-methyl/N-ethyl adjacent to an activating group) is 1. The molecule has 0 amide bonds. The molecule has 0 spiro atoms. The predicted octanol–water partition coefficient (Wildman–Crippen LogP) is 2.84. The maximum atomic E-state index is 6.16. The summed E-state index contributed by atoms with van der Waals surface area (Å²) in [5, 5.41) is 9.70. The fraction of sp³-hybridized carbons (Fsp3) is 0.462. The standard InChI is InChI=1S/C13H17Cl2N5S/c1-16-18-13(20-5-3-19(2)4-6-20)21-9-10-8-17-12(15)7-11(10)14/h7-8H,1,3-6,9H2,2H3/b18-13-. The zero-order chi connectivity index (χ0) is 15.2. The van der Waals surface area contributed by atoms with Crippen LogP contribution in [-0.4, -0.2) is 59.9 Å². The maximum Gasteiger partial charge on any atom is 0.186 e. The van der Waals surface area contributed by atoms with Crippen LogP contribution in [0.4, 0.5) is 0 Å². The van der Waals surface area contributed by atoms with Crippen LogP contribution in [0.1, 0.15) is 5.56 Å². The van der Waals surface area contributed by atoms with Gasteiger partial charge in [-0.15, -0.1) is 5.10 Å². The molecule has 1 aliphatic rings. The van der Waals surface area contributed by atoms with Gasteiger partial charge in [0, 0.05) is 49.9 Å². The van der Waals surface area contributed by atoms with Gasteiger partial charge in [0.05, 0.1) is 0 Å². The van der Waals surface area contributed by atoms with E-state index < -0.39 is 0 Å². The Hall–Kier alpha value is -0.820. The van der Waals surface area contributed by atoms with Crippen molar-refractivity contribution in [2.24, 2.45) is 10.2 Å². The van der Waals surface area contributed by atoms with Crippen LogP contribution >= 0.6 is 35.0 Å². The second-order valence-electron chi connectivity index (χ2n) is 4.70. The van der Waals surface area contributed by atoms with Gasteiger partial charge in [0.2, 0.25) is 0 Å². The number of halogens is 2. The smallest absolute Gasteiger partial charge is 0.186 e. The van der Waals surface area contributed by atoms with E-state index in [2.05, 4.69) is 38.8 Å². The largest absolute Gasteiger partial charge is 0.347 e. The summed E-state index contributed by atoms with van der Waals surface area (Å²) in [5.41, 5.74) is 0.928. The molecule has 5 nitrogen and oxygen atoms in total. The molecule has 0 N–H and O–H groups in total. The highest BCUT2D eigenvalue weighted by atomic mass is 35.5. The number of hydrogen-bond donors (Lipinski definition) is 0. The van der Waals surface area contributed by atoms with E-state index in [1.54, 1.807) is 24.0 Å². The minimum atomic E-state index is 0.398. The first-order valence-electron chi connectivity index (χ1n) is 6.50. The van der Waals surface area contributed by atoms with Crippen molar-refractivity contribution in [3.05, 3.63) is 28.0 Å². The maximum absolute atomic E-state index is 6.16. The van der Waals surface area contributed by atoms with Crippen molar-refractivity contribution in [3.8, 4) is 0 Å². The van der Waals surface area contributed by atoms with E-state index in [0.717, 1.165) is 36.9 Å². The summed E-state index contributed by atoms with van der Waals surface area (Å²) in [6.07, 6.45) is 1.70. The molecule has 2 rings (SSSR count). The Morgan fingerprint density at radius 3 is 2.71 bits per heavy atom. The van der Waals surface area contributed by atoms with E-state index in [4.69, 9.17) is 23.2 Å². The van der Waals surface area contributed by atoms with Gasteiger partial charge in [0.15, 0.2) is 5.17 Å². The Morgan fingerprint density at radius 1 is 1.38 bits per heavy atom. The molecule has 0 atom stereocenters. The normalized spacial score (nSPS) is 17.1. The van der Waals surface area contributed by atoms with Gasteiger partial charge < -0.3 is 9.80 Å².